The molecule has 7 nitrogen and oxygen atoms in total. The molecule has 0 amide bonds. The number of aliphatic hydroxyl groups is 1. The number of nitrogens with zero attached hydrogens (tertiary/aromatic N) is 5. The highest BCUT2D eigenvalue weighted by molar-refractivity contribution is 5.47. The summed E-state index contributed by atoms with van der Waals surface area (Å²) in [4.78, 5) is 18.1. The highest BCUT2D eigenvalue weighted by atomic mass is 16.5. The molecular formula is C20H27N5O2. The van der Waals surface area contributed by atoms with Gasteiger partial charge in [-0.3, -0.25) is 14.8 Å². The number of aromatic nitrogens is 3. The first kappa shape index (κ1) is 18.4. The number of pyridine rings is 1. The highest BCUT2D eigenvalue weighted by Crippen LogP contribution is 2.26. The van der Waals surface area contributed by atoms with Gasteiger partial charge >= 0.3 is 0 Å². The van der Waals surface area contributed by atoms with Crippen LogP contribution in [0, 0.1) is 11.8 Å². The van der Waals surface area contributed by atoms with Gasteiger partial charge in [0.1, 0.15) is 5.69 Å². The van der Waals surface area contributed by atoms with Crippen LogP contribution in [0.15, 0.2) is 36.8 Å². The molecule has 0 unspecified atom stereocenters. The lowest BCUT2D eigenvalue weighted by molar-refractivity contribution is 0.0264. The van der Waals surface area contributed by atoms with Crippen molar-refractivity contribution >= 4 is 0 Å². The highest BCUT2D eigenvalue weighted by Gasteiger charge is 2.33. The summed E-state index contributed by atoms with van der Waals surface area (Å²) in [5, 5.41) is 9.81. The predicted octanol–water partition coefficient (Wildman–Crippen LogP) is 0.911. The van der Waals surface area contributed by atoms with Gasteiger partial charge in [0.05, 0.1) is 13.2 Å². The van der Waals surface area contributed by atoms with Gasteiger partial charge in [0, 0.05) is 70.0 Å². The Morgan fingerprint density at radius 3 is 2.48 bits per heavy atom. The van der Waals surface area contributed by atoms with Gasteiger partial charge in [-0.2, -0.15) is 0 Å². The van der Waals surface area contributed by atoms with Crippen molar-refractivity contribution in [1.29, 1.82) is 0 Å². The quantitative estimate of drug-likeness (QED) is 0.811. The van der Waals surface area contributed by atoms with Crippen molar-refractivity contribution in [2.75, 3.05) is 52.5 Å². The summed E-state index contributed by atoms with van der Waals surface area (Å²) in [6, 6.07) is 5.74. The van der Waals surface area contributed by atoms with Crippen LogP contribution < -0.4 is 0 Å². The molecule has 2 saturated heterocycles. The lowest BCUT2D eigenvalue weighted by Gasteiger charge is -2.30. The van der Waals surface area contributed by atoms with Crippen molar-refractivity contribution in [3.05, 3.63) is 42.4 Å². The zero-order chi connectivity index (χ0) is 18.5. The van der Waals surface area contributed by atoms with Gasteiger partial charge in [0.25, 0.3) is 0 Å². The van der Waals surface area contributed by atoms with E-state index in [2.05, 4.69) is 24.8 Å². The van der Waals surface area contributed by atoms with E-state index in [0.29, 0.717) is 17.7 Å². The third kappa shape index (κ3) is 4.68. The molecule has 0 bridgehead atoms. The lowest BCUT2D eigenvalue weighted by atomic mass is 9.96. The van der Waals surface area contributed by atoms with Gasteiger partial charge in [-0.05, 0) is 24.0 Å². The van der Waals surface area contributed by atoms with E-state index in [1.54, 1.807) is 6.20 Å². The van der Waals surface area contributed by atoms with E-state index < -0.39 is 0 Å². The number of ether oxygens (including phenoxy) is 1. The summed E-state index contributed by atoms with van der Waals surface area (Å²) < 4.78 is 5.44. The molecule has 1 N–H and O–H groups in total. The molecule has 2 fully saturated rings. The molecule has 7 heteroatoms. The zero-order valence-corrected chi connectivity index (χ0v) is 15.6. The monoisotopic (exact) mass is 369 g/mol. The van der Waals surface area contributed by atoms with Crippen LogP contribution in [-0.4, -0.2) is 82.4 Å². The van der Waals surface area contributed by atoms with E-state index in [1.165, 1.54) is 0 Å². The summed E-state index contributed by atoms with van der Waals surface area (Å²) in [6.45, 7) is 7.67. The molecule has 0 aromatic carbocycles. The molecule has 144 valence electrons. The topological polar surface area (TPSA) is 74.6 Å². The lowest BCUT2D eigenvalue weighted by Crippen LogP contribution is -2.41. The fourth-order valence-electron chi connectivity index (χ4n) is 4.02. The van der Waals surface area contributed by atoms with E-state index in [-0.39, 0.29) is 6.61 Å². The summed E-state index contributed by atoms with van der Waals surface area (Å²) in [7, 11) is 0. The number of hydrogen-bond donors (Lipinski definition) is 1. The van der Waals surface area contributed by atoms with Crippen molar-refractivity contribution in [2.45, 2.75) is 6.54 Å². The van der Waals surface area contributed by atoms with Crippen LogP contribution >= 0.6 is 0 Å². The van der Waals surface area contributed by atoms with Crippen LogP contribution in [0.1, 0.15) is 5.56 Å². The summed E-state index contributed by atoms with van der Waals surface area (Å²) in [5.41, 5.74) is 1.88. The molecule has 2 aromatic heterocycles. The van der Waals surface area contributed by atoms with Crippen molar-refractivity contribution < 1.29 is 9.84 Å². The maximum Gasteiger partial charge on any atom is 0.178 e. The molecule has 0 aliphatic carbocycles. The summed E-state index contributed by atoms with van der Waals surface area (Å²) in [6.07, 6.45) is 5.53. The number of rotatable bonds is 6. The SMILES string of the molecule is OC[C@H]1CN(Cc2cnc(-c3ccccn3)nc2)C[C@H]1CN1CCOCC1. The minimum Gasteiger partial charge on any atom is -0.396 e. The van der Waals surface area contributed by atoms with Gasteiger partial charge < -0.3 is 9.84 Å². The fourth-order valence-corrected chi connectivity index (χ4v) is 4.02. The molecular weight excluding hydrogens is 342 g/mol. The van der Waals surface area contributed by atoms with Crippen LogP contribution in [0.4, 0.5) is 0 Å². The second-order valence-corrected chi connectivity index (χ2v) is 7.44. The Labute approximate surface area is 160 Å². The largest absolute Gasteiger partial charge is 0.396 e. The van der Waals surface area contributed by atoms with Crippen LogP contribution in [0.25, 0.3) is 11.5 Å². The van der Waals surface area contributed by atoms with Gasteiger partial charge in [-0.15, -0.1) is 0 Å². The van der Waals surface area contributed by atoms with Crippen LogP contribution in [0.5, 0.6) is 0 Å². The molecule has 0 saturated carbocycles. The maximum absolute atomic E-state index is 9.81. The summed E-state index contributed by atoms with van der Waals surface area (Å²) in [5.74, 6) is 1.49. The Hall–Kier alpha value is -1.93. The van der Waals surface area contributed by atoms with E-state index in [0.717, 1.165) is 63.7 Å². The third-order valence-corrected chi connectivity index (χ3v) is 5.49. The first-order valence-corrected chi connectivity index (χ1v) is 9.67. The van der Waals surface area contributed by atoms with Crippen molar-refractivity contribution in [3.63, 3.8) is 0 Å². The minimum absolute atomic E-state index is 0.251. The van der Waals surface area contributed by atoms with Crippen molar-refractivity contribution in [1.82, 2.24) is 24.8 Å². The van der Waals surface area contributed by atoms with Gasteiger partial charge in [0.2, 0.25) is 0 Å². The third-order valence-electron chi connectivity index (χ3n) is 5.49. The molecule has 27 heavy (non-hydrogen) atoms. The molecule has 2 atom stereocenters. The van der Waals surface area contributed by atoms with Crippen LogP contribution in [-0.2, 0) is 11.3 Å². The number of aliphatic hydroxyl groups excluding tert-OH is 1. The maximum atomic E-state index is 9.81. The normalized spacial score (nSPS) is 24.3. The van der Waals surface area contributed by atoms with Gasteiger partial charge in [-0.25, -0.2) is 9.97 Å². The first-order valence-electron chi connectivity index (χ1n) is 9.67. The Morgan fingerprint density at radius 2 is 1.78 bits per heavy atom. The van der Waals surface area contributed by atoms with Gasteiger partial charge in [0.15, 0.2) is 5.82 Å². The second-order valence-electron chi connectivity index (χ2n) is 7.44. The zero-order valence-electron chi connectivity index (χ0n) is 15.6. The number of hydrogen-bond acceptors (Lipinski definition) is 7. The Kier molecular flexibility index (Phi) is 6.03. The van der Waals surface area contributed by atoms with Crippen LogP contribution in [0.2, 0.25) is 0 Å². The molecule has 4 rings (SSSR count). The number of likely N-dealkylation sites (tertiary alicyclic amines) is 1. The van der Waals surface area contributed by atoms with E-state index in [9.17, 15) is 5.11 Å². The summed E-state index contributed by atoms with van der Waals surface area (Å²) >= 11 is 0. The molecule has 0 radical (unpaired) electrons. The van der Waals surface area contributed by atoms with E-state index in [1.807, 2.05) is 30.6 Å². The van der Waals surface area contributed by atoms with Crippen LogP contribution in [0.3, 0.4) is 0 Å². The molecule has 2 aromatic rings. The minimum atomic E-state index is 0.251. The average Bonchev–Trinajstić information content (AvgIpc) is 3.11. The van der Waals surface area contributed by atoms with E-state index in [4.69, 9.17) is 4.74 Å². The van der Waals surface area contributed by atoms with Crippen molar-refractivity contribution in [3.8, 4) is 11.5 Å². The van der Waals surface area contributed by atoms with Crippen molar-refractivity contribution in [2.24, 2.45) is 11.8 Å². The van der Waals surface area contributed by atoms with E-state index >= 15 is 0 Å². The molecule has 4 heterocycles. The Balaban J connectivity index is 1.35. The second kappa shape index (κ2) is 8.84. The average molecular weight is 369 g/mol. The smallest absolute Gasteiger partial charge is 0.178 e. The standard InChI is InChI=1S/C20H27N5O2/c26-15-18-14-25(13-17(18)12-24-5-7-27-8-6-24)11-16-9-22-20(23-10-16)19-3-1-2-4-21-19/h1-4,9-10,17-18,26H,5-8,11-15H2/t17-,18-/m1/s1. The Bertz CT molecular complexity index is 706. The fraction of sp³-hybridized carbons (Fsp3) is 0.550. The molecule has 0 spiro atoms. The van der Waals surface area contributed by atoms with Gasteiger partial charge in [-0.1, -0.05) is 6.07 Å². The molecule has 2 aliphatic heterocycles. The first-order chi connectivity index (χ1) is 13.3. The Morgan fingerprint density at radius 1 is 1.00 bits per heavy atom. The number of morpholine rings is 1. The molecule has 2 aliphatic rings. The predicted molar refractivity (Wildman–Crippen MR) is 102 cm³/mol.